The molecule has 0 bridgehead atoms. The molecule has 1 aromatic carbocycles. The Morgan fingerprint density at radius 3 is 2.42 bits per heavy atom. The number of carbonyl (C=O) groups is 1. The highest BCUT2D eigenvalue weighted by Gasteiger charge is 2.34. The zero-order chi connectivity index (χ0) is 17.3. The number of benzene rings is 1. The van der Waals surface area contributed by atoms with Gasteiger partial charge in [0.25, 0.3) is 0 Å². The van der Waals surface area contributed by atoms with Crippen molar-refractivity contribution in [2.75, 3.05) is 44.2 Å². The number of hydrogen-bond donors (Lipinski definition) is 1. The summed E-state index contributed by atoms with van der Waals surface area (Å²) in [5.41, 5.74) is -0.0715. The summed E-state index contributed by atoms with van der Waals surface area (Å²) in [7, 11) is 0. The molecular formula is C17H22F3N3O. The van der Waals surface area contributed by atoms with Gasteiger partial charge in [0, 0.05) is 37.8 Å². The number of nitrogens with one attached hydrogen (secondary N) is 1. The third-order valence-electron chi connectivity index (χ3n) is 5.04. The van der Waals surface area contributed by atoms with Gasteiger partial charge in [-0.2, -0.15) is 13.2 Å². The van der Waals surface area contributed by atoms with Gasteiger partial charge >= 0.3 is 6.18 Å². The van der Waals surface area contributed by atoms with E-state index in [4.69, 9.17) is 0 Å². The van der Waals surface area contributed by atoms with Crippen molar-refractivity contribution in [3.63, 3.8) is 0 Å². The summed E-state index contributed by atoms with van der Waals surface area (Å²) in [6.45, 7) is 5.96. The van der Waals surface area contributed by atoms with Crippen molar-refractivity contribution < 1.29 is 18.0 Å². The van der Waals surface area contributed by atoms with Crippen molar-refractivity contribution in [3.8, 4) is 0 Å². The van der Waals surface area contributed by atoms with Gasteiger partial charge in [-0.15, -0.1) is 0 Å². The molecule has 2 aliphatic rings. The van der Waals surface area contributed by atoms with E-state index in [9.17, 15) is 18.0 Å². The smallest absolute Gasteiger partial charge is 0.368 e. The van der Waals surface area contributed by atoms with Crippen LogP contribution in [0, 0.1) is 11.8 Å². The Kier molecular flexibility index (Phi) is 4.71. The van der Waals surface area contributed by atoms with Gasteiger partial charge in [0.2, 0.25) is 5.91 Å². The Hall–Kier alpha value is -1.76. The van der Waals surface area contributed by atoms with Crippen molar-refractivity contribution >= 4 is 11.6 Å². The van der Waals surface area contributed by atoms with Crippen LogP contribution >= 0.6 is 0 Å². The molecular weight excluding hydrogens is 319 g/mol. The molecule has 0 aromatic heterocycles. The Bertz CT molecular complexity index is 593. The maximum Gasteiger partial charge on any atom is 0.416 e. The van der Waals surface area contributed by atoms with Crippen molar-refractivity contribution in [2.24, 2.45) is 11.8 Å². The maximum atomic E-state index is 12.8. The minimum atomic E-state index is -4.33. The van der Waals surface area contributed by atoms with Gasteiger partial charge in [0.05, 0.1) is 5.56 Å². The summed E-state index contributed by atoms with van der Waals surface area (Å²) < 4.78 is 38.5. The molecule has 132 valence electrons. The third-order valence-corrected chi connectivity index (χ3v) is 5.04. The molecule has 0 spiro atoms. The third kappa shape index (κ3) is 3.50. The molecule has 0 radical (unpaired) electrons. The second kappa shape index (κ2) is 6.63. The second-order valence-corrected chi connectivity index (χ2v) is 6.57. The summed E-state index contributed by atoms with van der Waals surface area (Å²) in [5, 5.41) is 3.18. The molecule has 1 N–H and O–H groups in total. The van der Waals surface area contributed by atoms with Crippen molar-refractivity contribution in [3.05, 3.63) is 29.8 Å². The standard InChI is InChI=1S/C17H22F3N3O/c1-12(13-10-21-11-13)16(24)23-7-5-22(6-8-23)15-4-2-3-14(9-15)17(18,19)20/h2-4,9,12-13,21H,5-8,10-11H2,1H3. The fourth-order valence-corrected chi connectivity index (χ4v) is 3.22. The van der Waals surface area contributed by atoms with E-state index in [1.165, 1.54) is 12.1 Å². The lowest BCUT2D eigenvalue weighted by atomic mass is 9.88. The number of anilines is 1. The number of halogens is 3. The largest absolute Gasteiger partial charge is 0.416 e. The minimum absolute atomic E-state index is 0.00589. The number of rotatable bonds is 3. The van der Waals surface area contributed by atoms with E-state index in [-0.39, 0.29) is 11.8 Å². The molecule has 1 amide bonds. The summed E-state index contributed by atoms with van der Waals surface area (Å²) >= 11 is 0. The highest BCUT2D eigenvalue weighted by atomic mass is 19.4. The molecule has 2 fully saturated rings. The predicted molar refractivity (Wildman–Crippen MR) is 85.8 cm³/mol. The molecule has 24 heavy (non-hydrogen) atoms. The Balaban J connectivity index is 1.60. The van der Waals surface area contributed by atoms with Crippen LogP contribution in [0.5, 0.6) is 0 Å². The van der Waals surface area contributed by atoms with Crippen LogP contribution in [0.1, 0.15) is 12.5 Å². The topological polar surface area (TPSA) is 35.6 Å². The molecule has 0 aliphatic carbocycles. The molecule has 2 saturated heterocycles. The summed E-state index contributed by atoms with van der Waals surface area (Å²) in [5.74, 6) is 0.565. The Morgan fingerprint density at radius 2 is 1.88 bits per heavy atom. The summed E-state index contributed by atoms with van der Waals surface area (Å²) in [6.07, 6.45) is -4.33. The van der Waals surface area contributed by atoms with Gasteiger partial charge in [-0.1, -0.05) is 13.0 Å². The number of piperazine rings is 1. The zero-order valence-electron chi connectivity index (χ0n) is 13.6. The average molecular weight is 341 g/mol. The lowest BCUT2D eigenvalue weighted by Gasteiger charge is -2.40. The van der Waals surface area contributed by atoms with E-state index in [2.05, 4.69) is 5.32 Å². The number of hydrogen-bond acceptors (Lipinski definition) is 3. The molecule has 0 saturated carbocycles. The lowest BCUT2D eigenvalue weighted by Crippen LogP contribution is -2.54. The monoisotopic (exact) mass is 341 g/mol. The van der Waals surface area contributed by atoms with Gasteiger partial charge < -0.3 is 15.1 Å². The SMILES string of the molecule is CC(C(=O)N1CCN(c2cccc(C(F)(F)F)c2)CC1)C1CNC1. The molecule has 2 aliphatic heterocycles. The van der Waals surface area contributed by atoms with Crippen LogP contribution in [0.3, 0.4) is 0 Å². The first-order valence-electron chi connectivity index (χ1n) is 8.28. The van der Waals surface area contributed by atoms with E-state index in [0.717, 1.165) is 19.2 Å². The maximum absolute atomic E-state index is 12.8. The van der Waals surface area contributed by atoms with Crippen LogP contribution in [0.4, 0.5) is 18.9 Å². The zero-order valence-corrected chi connectivity index (χ0v) is 13.6. The normalized spacial score (nSPS) is 20.7. The van der Waals surface area contributed by atoms with E-state index in [1.54, 1.807) is 6.07 Å². The molecule has 2 heterocycles. The van der Waals surface area contributed by atoms with E-state index < -0.39 is 11.7 Å². The molecule has 1 unspecified atom stereocenters. The number of amides is 1. The Labute approximate surface area is 139 Å². The van der Waals surface area contributed by atoms with Crippen LogP contribution in [0.15, 0.2) is 24.3 Å². The lowest BCUT2D eigenvalue weighted by molar-refractivity contribution is -0.138. The van der Waals surface area contributed by atoms with Gasteiger partial charge in [-0.25, -0.2) is 0 Å². The van der Waals surface area contributed by atoms with Crippen LogP contribution in [-0.4, -0.2) is 50.1 Å². The second-order valence-electron chi connectivity index (χ2n) is 6.57. The van der Waals surface area contributed by atoms with Gasteiger partial charge in [0.15, 0.2) is 0 Å². The first-order chi connectivity index (χ1) is 11.4. The van der Waals surface area contributed by atoms with Gasteiger partial charge in [-0.3, -0.25) is 4.79 Å². The highest BCUT2D eigenvalue weighted by Crippen LogP contribution is 2.32. The molecule has 1 atom stereocenters. The molecule has 4 nitrogen and oxygen atoms in total. The van der Waals surface area contributed by atoms with Gasteiger partial charge in [0.1, 0.15) is 0 Å². The van der Waals surface area contributed by atoms with Crippen molar-refractivity contribution in [2.45, 2.75) is 13.1 Å². The highest BCUT2D eigenvalue weighted by molar-refractivity contribution is 5.79. The van der Waals surface area contributed by atoms with E-state index in [1.807, 2.05) is 16.7 Å². The number of alkyl halides is 3. The summed E-state index contributed by atoms with van der Waals surface area (Å²) in [6, 6.07) is 5.38. The fraction of sp³-hybridized carbons (Fsp3) is 0.588. The molecule has 7 heteroatoms. The van der Waals surface area contributed by atoms with Crippen molar-refractivity contribution in [1.82, 2.24) is 10.2 Å². The average Bonchev–Trinajstić information content (AvgIpc) is 2.52. The molecule has 3 rings (SSSR count). The van der Waals surface area contributed by atoms with Crippen LogP contribution < -0.4 is 10.2 Å². The first kappa shape index (κ1) is 17.1. The van der Waals surface area contributed by atoms with Crippen LogP contribution in [0.2, 0.25) is 0 Å². The van der Waals surface area contributed by atoms with Gasteiger partial charge in [-0.05, 0) is 37.2 Å². The summed E-state index contributed by atoms with van der Waals surface area (Å²) in [4.78, 5) is 16.2. The van der Waals surface area contributed by atoms with Crippen molar-refractivity contribution in [1.29, 1.82) is 0 Å². The Morgan fingerprint density at radius 1 is 1.21 bits per heavy atom. The van der Waals surface area contributed by atoms with Crippen LogP contribution in [-0.2, 0) is 11.0 Å². The van der Waals surface area contributed by atoms with E-state index >= 15 is 0 Å². The minimum Gasteiger partial charge on any atom is -0.368 e. The van der Waals surface area contributed by atoms with E-state index in [0.29, 0.717) is 37.8 Å². The first-order valence-corrected chi connectivity index (χ1v) is 8.28. The predicted octanol–water partition coefficient (Wildman–Crippen LogP) is 2.21. The number of nitrogens with zero attached hydrogens (tertiary/aromatic N) is 2. The number of carbonyl (C=O) groups excluding carboxylic acids is 1. The quantitative estimate of drug-likeness (QED) is 0.916. The molecule has 1 aromatic rings. The van der Waals surface area contributed by atoms with Crippen LogP contribution in [0.25, 0.3) is 0 Å². The fourth-order valence-electron chi connectivity index (χ4n) is 3.22.